The molecule has 5 heteroatoms. The normalized spacial score (nSPS) is 22.1. The van der Waals surface area contributed by atoms with E-state index in [2.05, 4.69) is 26.1 Å². The summed E-state index contributed by atoms with van der Waals surface area (Å²) in [5.41, 5.74) is 6.99. The largest absolute Gasteiger partial charge is 0.477 e. The number of allylic oxidation sites excluding steroid dienone is 3. The Kier molecular flexibility index (Phi) is 5.42. The van der Waals surface area contributed by atoms with Gasteiger partial charge in [-0.1, -0.05) is 26.8 Å². The van der Waals surface area contributed by atoms with Gasteiger partial charge in [0.25, 0.3) is 0 Å². The van der Waals surface area contributed by atoms with Crippen molar-refractivity contribution in [3.8, 4) is 0 Å². The van der Waals surface area contributed by atoms with E-state index in [-0.39, 0.29) is 24.0 Å². The highest BCUT2D eigenvalue weighted by Crippen LogP contribution is 2.26. The van der Waals surface area contributed by atoms with E-state index in [1.54, 1.807) is 0 Å². The van der Waals surface area contributed by atoms with Gasteiger partial charge < -0.3 is 20.5 Å². The van der Waals surface area contributed by atoms with Crippen molar-refractivity contribution in [1.29, 1.82) is 0 Å². The Morgan fingerprint density at radius 3 is 2.74 bits per heavy atom. The van der Waals surface area contributed by atoms with Gasteiger partial charge in [0.1, 0.15) is 19.3 Å². The van der Waals surface area contributed by atoms with Crippen molar-refractivity contribution < 1.29 is 14.3 Å². The average molecular weight is 268 g/mol. The van der Waals surface area contributed by atoms with Gasteiger partial charge in [-0.15, -0.1) is 0 Å². The minimum absolute atomic E-state index is 0.0258. The minimum Gasteiger partial charge on any atom is -0.477 e. The van der Waals surface area contributed by atoms with Crippen LogP contribution in [0.5, 0.6) is 0 Å². The summed E-state index contributed by atoms with van der Waals surface area (Å²) in [4.78, 5) is 10.9. The second-order valence-corrected chi connectivity index (χ2v) is 5.59. The molecule has 108 valence electrons. The molecule has 0 aromatic heterocycles. The van der Waals surface area contributed by atoms with Crippen LogP contribution in [-0.2, 0) is 14.3 Å². The Hall–Kier alpha value is -1.49. The first-order valence-corrected chi connectivity index (χ1v) is 6.48. The molecule has 0 spiro atoms. The first-order chi connectivity index (χ1) is 8.82. The molecule has 0 aromatic carbocycles. The lowest BCUT2D eigenvalue weighted by atomic mass is 9.86. The predicted octanol–water partition coefficient (Wildman–Crippen LogP) is 1.31. The van der Waals surface area contributed by atoms with Gasteiger partial charge in [-0.3, -0.25) is 4.79 Å². The van der Waals surface area contributed by atoms with E-state index < -0.39 is 0 Å². The number of nitrogens with two attached hydrogens (primary N) is 1. The number of carbonyl (C=O) groups is 1. The smallest absolute Gasteiger partial charge is 0.246 e. The zero-order valence-corrected chi connectivity index (χ0v) is 12.2. The second kappa shape index (κ2) is 6.61. The topological polar surface area (TPSA) is 73.6 Å². The summed E-state index contributed by atoms with van der Waals surface area (Å²) in [6.07, 6.45) is 3.71. The molecule has 0 saturated carbocycles. The van der Waals surface area contributed by atoms with E-state index in [0.29, 0.717) is 19.0 Å². The molecule has 1 rings (SSSR count). The van der Waals surface area contributed by atoms with Crippen LogP contribution in [0.1, 0.15) is 27.7 Å². The monoisotopic (exact) mass is 268 g/mol. The summed E-state index contributed by atoms with van der Waals surface area (Å²) in [6.45, 7) is 9.21. The summed E-state index contributed by atoms with van der Waals surface area (Å²) >= 11 is 0. The lowest BCUT2D eigenvalue weighted by molar-refractivity contribution is -0.134. The van der Waals surface area contributed by atoms with Crippen molar-refractivity contribution in [2.75, 3.05) is 19.8 Å². The van der Waals surface area contributed by atoms with E-state index in [0.717, 1.165) is 5.57 Å². The van der Waals surface area contributed by atoms with Crippen molar-refractivity contribution in [3.63, 3.8) is 0 Å². The molecule has 5 nitrogen and oxygen atoms in total. The van der Waals surface area contributed by atoms with Gasteiger partial charge in [-0.05, 0) is 17.9 Å². The van der Waals surface area contributed by atoms with Gasteiger partial charge in [0.2, 0.25) is 5.91 Å². The number of amides is 1. The lowest BCUT2D eigenvalue weighted by Gasteiger charge is -2.24. The average Bonchev–Trinajstić information content (AvgIpc) is 2.34. The van der Waals surface area contributed by atoms with Crippen LogP contribution in [0, 0.1) is 5.41 Å². The van der Waals surface area contributed by atoms with Crippen molar-refractivity contribution in [3.05, 3.63) is 23.6 Å². The molecule has 0 aromatic rings. The quantitative estimate of drug-likeness (QED) is 0.595. The lowest BCUT2D eigenvalue weighted by Crippen LogP contribution is -2.45. The number of morpholine rings is 1. The number of hydrogen-bond donors (Lipinski definition) is 2. The van der Waals surface area contributed by atoms with E-state index in [1.807, 2.05) is 19.1 Å². The Bertz CT molecular complexity index is 371. The Morgan fingerprint density at radius 1 is 1.58 bits per heavy atom. The third-order valence-electron chi connectivity index (χ3n) is 2.89. The molecular formula is C14H24N2O3. The highest BCUT2D eigenvalue weighted by molar-refractivity contribution is 5.77. The summed E-state index contributed by atoms with van der Waals surface area (Å²) in [7, 11) is 0. The standard InChI is InChI=1S/C14H24N2O3/c1-5-10(14(2,3)4)6-12(15)19-8-11-7-16-13(17)9-18-11/h5-6,11H,7-9,15H2,1-4H3,(H,16,17)/b10-5+,12-6+/t11-/m0/s1. The van der Waals surface area contributed by atoms with Crippen molar-refractivity contribution in [1.82, 2.24) is 5.32 Å². The van der Waals surface area contributed by atoms with Crippen LogP contribution in [-0.4, -0.2) is 31.8 Å². The molecule has 1 saturated heterocycles. The van der Waals surface area contributed by atoms with Crippen LogP contribution >= 0.6 is 0 Å². The summed E-state index contributed by atoms with van der Waals surface area (Å²) in [5.74, 6) is 0.271. The second-order valence-electron chi connectivity index (χ2n) is 5.59. The highest BCUT2D eigenvalue weighted by Gasteiger charge is 2.19. The van der Waals surface area contributed by atoms with Gasteiger partial charge in [-0.2, -0.15) is 0 Å². The summed E-state index contributed by atoms with van der Waals surface area (Å²) < 4.78 is 10.8. The molecule has 1 amide bonds. The van der Waals surface area contributed by atoms with Gasteiger partial charge >= 0.3 is 0 Å². The van der Waals surface area contributed by atoms with Crippen molar-refractivity contribution >= 4 is 5.91 Å². The molecule has 1 fully saturated rings. The Balaban J connectivity index is 2.46. The molecule has 0 unspecified atom stereocenters. The number of nitrogens with one attached hydrogen (secondary N) is 1. The van der Waals surface area contributed by atoms with E-state index in [4.69, 9.17) is 15.2 Å². The van der Waals surface area contributed by atoms with Crippen LogP contribution in [0.25, 0.3) is 0 Å². The number of hydrogen-bond acceptors (Lipinski definition) is 4. The van der Waals surface area contributed by atoms with E-state index in [1.165, 1.54) is 0 Å². The fourth-order valence-corrected chi connectivity index (χ4v) is 1.76. The molecule has 0 aliphatic carbocycles. The third-order valence-corrected chi connectivity index (χ3v) is 2.89. The Labute approximate surface area is 114 Å². The van der Waals surface area contributed by atoms with Crippen molar-refractivity contribution in [2.45, 2.75) is 33.8 Å². The molecule has 1 heterocycles. The fourth-order valence-electron chi connectivity index (χ4n) is 1.76. The van der Waals surface area contributed by atoms with Gasteiger partial charge in [0.05, 0.1) is 0 Å². The maximum Gasteiger partial charge on any atom is 0.246 e. The first kappa shape index (κ1) is 15.6. The number of carbonyl (C=O) groups excluding carboxylic acids is 1. The van der Waals surface area contributed by atoms with Gasteiger partial charge in [0.15, 0.2) is 5.88 Å². The SMILES string of the molecule is C/C=C(\C=C(/N)OC[C@@H]1CNC(=O)CO1)C(C)(C)C. The van der Waals surface area contributed by atoms with Gasteiger partial charge in [0, 0.05) is 12.6 Å². The highest BCUT2D eigenvalue weighted by atomic mass is 16.5. The molecule has 0 radical (unpaired) electrons. The fraction of sp³-hybridized carbons (Fsp3) is 0.643. The maximum atomic E-state index is 10.9. The minimum atomic E-state index is -0.145. The van der Waals surface area contributed by atoms with Crippen molar-refractivity contribution in [2.24, 2.45) is 11.1 Å². The number of rotatable bonds is 4. The van der Waals surface area contributed by atoms with Crippen LogP contribution < -0.4 is 11.1 Å². The molecule has 1 aliphatic heterocycles. The van der Waals surface area contributed by atoms with Crippen LogP contribution in [0.15, 0.2) is 23.6 Å². The van der Waals surface area contributed by atoms with Crippen LogP contribution in [0.2, 0.25) is 0 Å². The third kappa shape index (κ3) is 5.34. The van der Waals surface area contributed by atoms with E-state index >= 15 is 0 Å². The van der Waals surface area contributed by atoms with Crippen LogP contribution in [0.4, 0.5) is 0 Å². The zero-order valence-electron chi connectivity index (χ0n) is 12.2. The summed E-state index contributed by atoms with van der Waals surface area (Å²) in [6, 6.07) is 0. The predicted molar refractivity (Wildman–Crippen MR) is 74.2 cm³/mol. The molecule has 1 aliphatic rings. The van der Waals surface area contributed by atoms with E-state index in [9.17, 15) is 4.79 Å². The molecule has 19 heavy (non-hydrogen) atoms. The van der Waals surface area contributed by atoms with Gasteiger partial charge in [-0.25, -0.2) is 0 Å². The molecule has 0 bridgehead atoms. The summed E-state index contributed by atoms with van der Waals surface area (Å²) in [5, 5.41) is 2.72. The maximum absolute atomic E-state index is 10.9. The van der Waals surface area contributed by atoms with Crippen LogP contribution in [0.3, 0.4) is 0 Å². The molecule has 1 atom stereocenters. The number of ether oxygens (including phenoxy) is 2. The Morgan fingerprint density at radius 2 is 2.26 bits per heavy atom. The first-order valence-electron chi connectivity index (χ1n) is 6.48. The molecular weight excluding hydrogens is 244 g/mol. The molecule has 3 N–H and O–H groups in total. The zero-order chi connectivity index (χ0) is 14.5.